The number of hydrogen-bond donors (Lipinski definition) is 0. The van der Waals surface area contributed by atoms with Gasteiger partial charge in [-0.1, -0.05) is 55.8 Å². The molecule has 0 bridgehead atoms. The number of fused-ring (bicyclic) bond motifs is 1. The van der Waals surface area contributed by atoms with E-state index in [1.807, 2.05) is 0 Å². The van der Waals surface area contributed by atoms with Crippen molar-refractivity contribution in [2.75, 3.05) is 6.61 Å². The molecule has 2 nitrogen and oxygen atoms in total. The van der Waals surface area contributed by atoms with Crippen LogP contribution in [0.15, 0.2) is 59.4 Å². The molecule has 0 fully saturated rings. The predicted octanol–water partition coefficient (Wildman–Crippen LogP) is 5.28. The van der Waals surface area contributed by atoms with Crippen molar-refractivity contribution >= 4 is 10.8 Å². The van der Waals surface area contributed by atoms with Crippen LogP contribution < -0.4 is 4.74 Å². The van der Waals surface area contributed by atoms with Gasteiger partial charge in [-0.15, -0.1) is 0 Å². The van der Waals surface area contributed by atoms with E-state index in [2.05, 4.69) is 49.4 Å². The van der Waals surface area contributed by atoms with Crippen molar-refractivity contribution in [3.8, 4) is 16.9 Å². The summed E-state index contributed by atoms with van der Waals surface area (Å²) in [6, 6.07) is 14.7. The normalized spacial score (nSPS) is 10.8. The van der Waals surface area contributed by atoms with Crippen LogP contribution in [0.25, 0.3) is 21.9 Å². The van der Waals surface area contributed by atoms with E-state index in [1.165, 1.54) is 10.8 Å². The second-order valence-corrected chi connectivity index (χ2v) is 4.88. The number of unbranched alkanes of at least 4 members (excludes halogenated alkanes) is 1. The van der Waals surface area contributed by atoms with Gasteiger partial charge in [0.1, 0.15) is 12.5 Å². The van der Waals surface area contributed by atoms with E-state index in [-0.39, 0.29) is 0 Å². The van der Waals surface area contributed by atoms with Gasteiger partial charge in [-0.25, -0.2) is 0 Å². The van der Waals surface area contributed by atoms with Gasteiger partial charge in [-0.2, -0.15) is 0 Å². The molecule has 0 radical (unpaired) electrons. The summed E-state index contributed by atoms with van der Waals surface area (Å²) >= 11 is 0. The average molecular weight is 266 g/mol. The molecule has 3 rings (SSSR count). The van der Waals surface area contributed by atoms with Crippen LogP contribution in [0.1, 0.15) is 19.8 Å². The zero-order valence-electron chi connectivity index (χ0n) is 11.6. The second kappa shape index (κ2) is 5.83. The van der Waals surface area contributed by atoms with Gasteiger partial charge in [0.05, 0.1) is 12.2 Å². The first-order valence-electron chi connectivity index (χ1n) is 7.07. The quantitative estimate of drug-likeness (QED) is 0.586. The first-order valence-corrected chi connectivity index (χ1v) is 7.07. The van der Waals surface area contributed by atoms with Crippen LogP contribution >= 0.6 is 0 Å². The summed E-state index contributed by atoms with van der Waals surface area (Å²) < 4.78 is 11.2. The molecule has 0 saturated carbocycles. The molecule has 20 heavy (non-hydrogen) atoms. The molecule has 3 aromatic rings. The first kappa shape index (κ1) is 12.8. The summed E-state index contributed by atoms with van der Waals surface area (Å²) in [6.45, 7) is 2.89. The Balaban J connectivity index is 2.01. The van der Waals surface area contributed by atoms with Gasteiger partial charge in [0.2, 0.25) is 0 Å². The highest BCUT2D eigenvalue weighted by Crippen LogP contribution is 2.35. The Hall–Kier alpha value is -2.22. The minimum absolute atomic E-state index is 0.730. The number of furan rings is 1. The third kappa shape index (κ3) is 2.42. The molecule has 1 aromatic heterocycles. The van der Waals surface area contributed by atoms with E-state index < -0.39 is 0 Å². The Morgan fingerprint density at radius 2 is 1.80 bits per heavy atom. The minimum atomic E-state index is 0.730. The molecular formula is C18H18O2. The number of hydrogen-bond acceptors (Lipinski definition) is 2. The van der Waals surface area contributed by atoms with Gasteiger partial charge in [0, 0.05) is 0 Å². The van der Waals surface area contributed by atoms with Crippen molar-refractivity contribution < 1.29 is 9.15 Å². The molecule has 0 aliphatic heterocycles. The fraction of sp³-hybridized carbons (Fsp3) is 0.222. The van der Waals surface area contributed by atoms with Crippen LogP contribution in [0.2, 0.25) is 0 Å². The van der Waals surface area contributed by atoms with E-state index in [0.717, 1.165) is 36.3 Å². The molecule has 2 aromatic carbocycles. The van der Waals surface area contributed by atoms with Gasteiger partial charge in [-0.05, 0) is 22.8 Å². The Bertz CT molecular complexity index is 692. The van der Waals surface area contributed by atoms with Crippen LogP contribution in [0.5, 0.6) is 5.75 Å². The molecule has 2 heteroatoms. The first-order chi connectivity index (χ1) is 9.90. The highest BCUT2D eigenvalue weighted by atomic mass is 16.5. The fourth-order valence-corrected chi connectivity index (χ4v) is 2.38. The molecule has 1 heterocycles. The van der Waals surface area contributed by atoms with E-state index >= 15 is 0 Å². The minimum Gasteiger partial charge on any atom is -0.490 e. The van der Waals surface area contributed by atoms with Gasteiger partial charge in [-0.3, -0.25) is 0 Å². The van der Waals surface area contributed by atoms with Gasteiger partial charge in [0.15, 0.2) is 5.75 Å². The van der Waals surface area contributed by atoms with Crippen molar-refractivity contribution in [3.05, 3.63) is 55.0 Å². The molecule has 102 valence electrons. The lowest BCUT2D eigenvalue weighted by atomic mass is 10.00. The Morgan fingerprint density at radius 1 is 0.950 bits per heavy atom. The van der Waals surface area contributed by atoms with Gasteiger partial charge >= 0.3 is 0 Å². The van der Waals surface area contributed by atoms with Crippen molar-refractivity contribution in [1.29, 1.82) is 0 Å². The smallest absolute Gasteiger partial charge is 0.165 e. The largest absolute Gasteiger partial charge is 0.490 e. The van der Waals surface area contributed by atoms with Crippen LogP contribution in [0.4, 0.5) is 0 Å². The molecule has 0 unspecified atom stereocenters. The molecule has 0 N–H and O–H groups in total. The second-order valence-electron chi connectivity index (χ2n) is 4.88. The summed E-state index contributed by atoms with van der Waals surface area (Å²) in [5, 5.41) is 2.45. The van der Waals surface area contributed by atoms with E-state index in [0.29, 0.717) is 0 Å². The van der Waals surface area contributed by atoms with Crippen LogP contribution in [-0.2, 0) is 0 Å². The molecular weight excluding hydrogens is 248 g/mol. The van der Waals surface area contributed by atoms with Crippen LogP contribution in [-0.4, -0.2) is 6.61 Å². The maximum Gasteiger partial charge on any atom is 0.165 e. The Labute approximate surface area is 119 Å². The molecule has 0 aliphatic rings. The van der Waals surface area contributed by atoms with Gasteiger partial charge in [0.25, 0.3) is 0 Å². The zero-order chi connectivity index (χ0) is 13.8. The third-order valence-electron chi connectivity index (χ3n) is 3.46. The molecule has 0 atom stereocenters. The third-order valence-corrected chi connectivity index (χ3v) is 3.46. The van der Waals surface area contributed by atoms with E-state index in [1.54, 1.807) is 12.5 Å². The summed E-state index contributed by atoms with van der Waals surface area (Å²) in [5.41, 5.74) is 2.18. The summed E-state index contributed by atoms with van der Waals surface area (Å²) in [4.78, 5) is 0. The summed E-state index contributed by atoms with van der Waals surface area (Å²) in [5.74, 6) is 0.829. The maximum atomic E-state index is 5.83. The zero-order valence-corrected chi connectivity index (χ0v) is 11.6. The van der Waals surface area contributed by atoms with Crippen LogP contribution in [0, 0.1) is 0 Å². The predicted molar refractivity (Wildman–Crippen MR) is 82.1 cm³/mol. The lowest BCUT2D eigenvalue weighted by Crippen LogP contribution is -1.96. The molecule has 0 spiro atoms. The van der Waals surface area contributed by atoms with Gasteiger partial charge < -0.3 is 9.15 Å². The van der Waals surface area contributed by atoms with E-state index in [9.17, 15) is 0 Å². The summed E-state index contributed by atoms with van der Waals surface area (Å²) in [6.07, 6.45) is 5.64. The lowest BCUT2D eigenvalue weighted by Gasteiger charge is -2.08. The number of ether oxygens (including phenoxy) is 1. The summed E-state index contributed by atoms with van der Waals surface area (Å²) in [7, 11) is 0. The highest BCUT2D eigenvalue weighted by molar-refractivity contribution is 5.97. The van der Waals surface area contributed by atoms with Crippen molar-refractivity contribution in [1.82, 2.24) is 0 Å². The maximum absolute atomic E-state index is 5.83. The van der Waals surface area contributed by atoms with Crippen molar-refractivity contribution in [3.63, 3.8) is 0 Å². The van der Waals surface area contributed by atoms with Crippen LogP contribution in [0.3, 0.4) is 0 Å². The monoisotopic (exact) mass is 266 g/mol. The van der Waals surface area contributed by atoms with E-state index in [4.69, 9.17) is 9.15 Å². The molecule has 0 saturated heterocycles. The topological polar surface area (TPSA) is 22.4 Å². The average Bonchev–Trinajstić information content (AvgIpc) is 2.95. The number of benzene rings is 2. The van der Waals surface area contributed by atoms with Crippen molar-refractivity contribution in [2.45, 2.75) is 19.8 Å². The highest BCUT2D eigenvalue weighted by Gasteiger charge is 2.11. The molecule has 0 aliphatic carbocycles. The van der Waals surface area contributed by atoms with Crippen molar-refractivity contribution in [2.24, 2.45) is 0 Å². The standard InChI is InChI=1S/C18H18O2/c1-2-3-11-20-18-13-19-12-17(18)16-10-6-8-14-7-4-5-9-15(14)16/h4-10,12-13H,2-3,11H2,1H3. The molecule has 0 amide bonds. The number of rotatable bonds is 5. The fourth-order valence-electron chi connectivity index (χ4n) is 2.38. The Kier molecular flexibility index (Phi) is 3.73. The lowest BCUT2D eigenvalue weighted by molar-refractivity contribution is 0.306. The Morgan fingerprint density at radius 3 is 2.70 bits per heavy atom. The SMILES string of the molecule is CCCCOc1cocc1-c1cccc2ccccc12.